The summed E-state index contributed by atoms with van der Waals surface area (Å²) in [7, 11) is 0. The lowest BCUT2D eigenvalue weighted by molar-refractivity contribution is 0.102. The molecule has 0 aliphatic rings. The zero-order valence-corrected chi connectivity index (χ0v) is 16.7. The molecule has 1 amide bonds. The fraction of sp³-hybridized carbons (Fsp3) is 0.0400. The zero-order valence-electron chi connectivity index (χ0n) is 15.9. The molecule has 5 heteroatoms. The lowest BCUT2D eigenvalue weighted by atomic mass is 10.0. The van der Waals surface area contributed by atoms with Gasteiger partial charge in [0, 0.05) is 22.7 Å². The Labute approximate surface area is 178 Å². The van der Waals surface area contributed by atoms with Crippen LogP contribution in [0.25, 0.3) is 21.9 Å². The van der Waals surface area contributed by atoms with Gasteiger partial charge in [0.1, 0.15) is 5.52 Å². The first kappa shape index (κ1) is 18.4. The number of nitrogens with zero attached hydrogens (tertiary/aromatic N) is 1. The predicted octanol–water partition coefficient (Wildman–Crippen LogP) is 6.48. The highest BCUT2D eigenvalue weighted by Crippen LogP contribution is 2.23. The van der Waals surface area contributed by atoms with E-state index in [1.54, 1.807) is 12.1 Å². The number of fused-ring (bicyclic) bond motifs is 2. The quantitative estimate of drug-likeness (QED) is 0.367. The van der Waals surface area contributed by atoms with Crippen LogP contribution in [0.15, 0.2) is 89.3 Å². The maximum atomic E-state index is 12.8. The number of rotatable bonds is 4. The van der Waals surface area contributed by atoms with Crippen LogP contribution in [0.4, 0.5) is 5.69 Å². The average molecular weight is 413 g/mol. The number of benzene rings is 4. The largest absolute Gasteiger partial charge is 0.440 e. The number of carbonyl (C=O) groups excluding carboxylic acids is 1. The molecule has 0 fully saturated rings. The summed E-state index contributed by atoms with van der Waals surface area (Å²) in [6, 6.07) is 26.7. The molecule has 0 aliphatic carbocycles. The SMILES string of the molecule is O=C(Nc1ccc(Cc2nc3cc(Cl)ccc3o2)cc1)c1cccc2ccccc12. The molecule has 4 aromatic carbocycles. The topological polar surface area (TPSA) is 55.1 Å². The number of oxazole rings is 1. The summed E-state index contributed by atoms with van der Waals surface area (Å²) in [6.07, 6.45) is 0.559. The zero-order chi connectivity index (χ0) is 20.5. The number of halogens is 1. The third-order valence-corrected chi connectivity index (χ3v) is 5.23. The Kier molecular flexibility index (Phi) is 4.69. The highest BCUT2D eigenvalue weighted by atomic mass is 35.5. The molecule has 1 aromatic heterocycles. The second-order valence-corrected chi connectivity index (χ2v) is 7.51. The van der Waals surface area contributed by atoms with Gasteiger partial charge in [0.15, 0.2) is 11.5 Å². The summed E-state index contributed by atoms with van der Waals surface area (Å²) in [4.78, 5) is 17.3. The van der Waals surface area contributed by atoms with Gasteiger partial charge in [0.05, 0.1) is 0 Å². The molecular weight excluding hydrogens is 396 g/mol. The first-order valence-corrected chi connectivity index (χ1v) is 9.96. The Morgan fingerprint density at radius 3 is 2.60 bits per heavy atom. The van der Waals surface area contributed by atoms with E-state index in [-0.39, 0.29) is 5.91 Å². The van der Waals surface area contributed by atoms with E-state index in [1.807, 2.05) is 72.8 Å². The van der Waals surface area contributed by atoms with Crippen molar-refractivity contribution in [2.24, 2.45) is 0 Å². The molecule has 5 aromatic rings. The van der Waals surface area contributed by atoms with Crippen molar-refractivity contribution in [2.75, 3.05) is 5.32 Å². The molecular formula is C25H17ClN2O2. The van der Waals surface area contributed by atoms with E-state index in [0.29, 0.717) is 28.5 Å². The van der Waals surface area contributed by atoms with Crippen molar-refractivity contribution in [2.45, 2.75) is 6.42 Å². The molecule has 1 N–H and O–H groups in total. The standard InChI is InChI=1S/C25H17ClN2O2/c26-18-10-13-23-22(15-18)28-24(30-23)14-16-8-11-19(12-9-16)27-25(29)21-7-3-5-17-4-1-2-6-20(17)21/h1-13,15H,14H2,(H,27,29). The van der Waals surface area contributed by atoms with Crippen molar-refractivity contribution in [3.05, 3.63) is 107 Å². The fourth-order valence-electron chi connectivity index (χ4n) is 3.53. The molecule has 0 radical (unpaired) electrons. The third-order valence-electron chi connectivity index (χ3n) is 5.00. The van der Waals surface area contributed by atoms with E-state index in [2.05, 4.69) is 10.3 Å². The van der Waals surface area contributed by atoms with Crippen LogP contribution in [-0.2, 0) is 6.42 Å². The van der Waals surface area contributed by atoms with Crippen molar-refractivity contribution in [3.8, 4) is 0 Å². The summed E-state index contributed by atoms with van der Waals surface area (Å²) in [5, 5.41) is 5.59. The van der Waals surface area contributed by atoms with Crippen LogP contribution in [0.2, 0.25) is 5.02 Å². The molecule has 0 unspecified atom stereocenters. The molecule has 0 spiro atoms. The summed E-state index contributed by atoms with van der Waals surface area (Å²) in [5.74, 6) is 0.496. The Morgan fingerprint density at radius 1 is 0.933 bits per heavy atom. The summed E-state index contributed by atoms with van der Waals surface area (Å²) < 4.78 is 5.78. The number of aromatic nitrogens is 1. The first-order chi connectivity index (χ1) is 14.7. The van der Waals surface area contributed by atoms with Crippen LogP contribution < -0.4 is 5.32 Å². The number of amides is 1. The monoisotopic (exact) mass is 412 g/mol. The minimum atomic E-state index is -0.129. The van der Waals surface area contributed by atoms with Crippen molar-refractivity contribution in [1.82, 2.24) is 4.98 Å². The van der Waals surface area contributed by atoms with Gasteiger partial charge in [-0.1, -0.05) is 60.1 Å². The van der Waals surface area contributed by atoms with Gasteiger partial charge in [-0.3, -0.25) is 4.79 Å². The molecule has 5 rings (SSSR count). The number of hydrogen-bond donors (Lipinski definition) is 1. The highest BCUT2D eigenvalue weighted by Gasteiger charge is 2.11. The van der Waals surface area contributed by atoms with Gasteiger partial charge in [-0.15, -0.1) is 0 Å². The Morgan fingerprint density at radius 2 is 1.73 bits per heavy atom. The van der Waals surface area contributed by atoms with Crippen molar-refractivity contribution < 1.29 is 9.21 Å². The van der Waals surface area contributed by atoms with E-state index in [0.717, 1.165) is 27.5 Å². The van der Waals surface area contributed by atoms with Crippen LogP contribution >= 0.6 is 11.6 Å². The van der Waals surface area contributed by atoms with Crippen LogP contribution in [0.1, 0.15) is 21.8 Å². The second kappa shape index (κ2) is 7.65. The molecule has 30 heavy (non-hydrogen) atoms. The maximum absolute atomic E-state index is 12.8. The van der Waals surface area contributed by atoms with Gasteiger partial charge in [-0.05, 0) is 52.7 Å². The maximum Gasteiger partial charge on any atom is 0.256 e. The van der Waals surface area contributed by atoms with E-state index in [1.165, 1.54) is 0 Å². The Bertz CT molecular complexity index is 1370. The molecule has 4 nitrogen and oxygen atoms in total. The lowest BCUT2D eigenvalue weighted by Crippen LogP contribution is -2.12. The summed E-state index contributed by atoms with van der Waals surface area (Å²) >= 11 is 6.01. The van der Waals surface area contributed by atoms with Crippen LogP contribution in [0.5, 0.6) is 0 Å². The van der Waals surface area contributed by atoms with Crippen molar-refractivity contribution in [1.29, 1.82) is 0 Å². The van der Waals surface area contributed by atoms with Gasteiger partial charge < -0.3 is 9.73 Å². The summed E-state index contributed by atoms with van der Waals surface area (Å²) in [5.41, 5.74) is 3.89. The molecule has 0 bridgehead atoms. The fourth-order valence-corrected chi connectivity index (χ4v) is 3.69. The molecule has 0 saturated carbocycles. The smallest absolute Gasteiger partial charge is 0.256 e. The first-order valence-electron chi connectivity index (χ1n) is 9.59. The molecule has 146 valence electrons. The Hall–Kier alpha value is -3.63. The van der Waals surface area contributed by atoms with Gasteiger partial charge in [-0.2, -0.15) is 0 Å². The van der Waals surface area contributed by atoms with E-state index in [4.69, 9.17) is 16.0 Å². The molecule has 0 saturated heterocycles. The number of anilines is 1. The minimum absolute atomic E-state index is 0.129. The lowest BCUT2D eigenvalue weighted by Gasteiger charge is -2.08. The van der Waals surface area contributed by atoms with E-state index in [9.17, 15) is 4.79 Å². The number of nitrogens with one attached hydrogen (secondary N) is 1. The highest BCUT2D eigenvalue weighted by molar-refractivity contribution is 6.31. The van der Waals surface area contributed by atoms with Gasteiger partial charge in [0.25, 0.3) is 5.91 Å². The average Bonchev–Trinajstić information content (AvgIpc) is 3.16. The van der Waals surface area contributed by atoms with Gasteiger partial charge >= 0.3 is 0 Å². The number of hydrogen-bond acceptors (Lipinski definition) is 3. The van der Waals surface area contributed by atoms with Crippen molar-refractivity contribution >= 4 is 45.1 Å². The number of carbonyl (C=O) groups is 1. The van der Waals surface area contributed by atoms with Crippen LogP contribution in [0.3, 0.4) is 0 Å². The molecule has 0 atom stereocenters. The van der Waals surface area contributed by atoms with E-state index < -0.39 is 0 Å². The molecule has 0 aliphatic heterocycles. The Balaban J connectivity index is 1.32. The summed E-state index contributed by atoms with van der Waals surface area (Å²) in [6.45, 7) is 0. The van der Waals surface area contributed by atoms with Crippen molar-refractivity contribution in [3.63, 3.8) is 0 Å². The molecule has 1 heterocycles. The van der Waals surface area contributed by atoms with E-state index >= 15 is 0 Å². The van der Waals surface area contributed by atoms with Crippen LogP contribution in [0, 0.1) is 0 Å². The predicted molar refractivity (Wildman–Crippen MR) is 120 cm³/mol. The van der Waals surface area contributed by atoms with Gasteiger partial charge in [-0.25, -0.2) is 4.98 Å². The van der Waals surface area contributed by atoms with Crippen LogP contribution in [-0.4, -0.2) is 10.9 Å². The third kappa shape index (κ3) is 3.65. The van der Waals surface area contributed by atoms with Gasteiger partial charge in [0.2, 0.25) is 0 Å². The second-order valence-electron chi connectivity index (χ2n) is 7.07. The minimum Gasteiger partial charge on any atom is -0.440 e. The normalized spacial score (nSPS) is 11.1.